The van der Waals surface area contributed by atoms with Crippen molar-refractivity contribution in [3.05, 3.63) is 57.0 Å². The van der Waals surface area contributed by atoms with E-state index in [4.69, 9.17) is 21.3 Å². The molecule has 0 N–H and O–H groups in total. The Labute approximate surface area is 173 Å². The summed E-state index contributed by atoms with van der Waals surface area (Å²) in [4.78, 5) is 30.1. The molecule has 0 radical (unpaired) electrons. The normalized spacial score (nSPS) is 16.1. The summed E-state index contributed by atoms with van der Waals surface area (Å²) in [5.41, 5.74) is 2.48. The van der Waals surface area contributed by atoms with Crippen molar-refractivity contribution < 1.29 is 9.53 Å². The van der Waals surface area contributed by atoms with Gasteiger partial charge in [-0.25, -0.2) is 4.98 Å². The van der Waals surface area contributed by atoms with Gasteiger partial charge in [-0.1, -0.05) is 28.9 Å². The number of benzene rings is 1. The van der Waals surface area contributed by atoms with Crippen LogP contribution in [0.2, 0.25) is 5.02 Å². The number of hydrogen-bond donors (Lipinski definition) is 0. The fraction of sp³-hybridized carbons (Fsp3) is 0.250. The van der Waals surface area contributed by atoms with E-state index in [0.717, 1.165) is 40.7 Å². The van der Waals surface area contributed by atoms with E-state index in [-0.39, 0.29) is 17.6 Å². The second-order valence-electron chi connectivity index (χ2n) is 6.90. The molecule has 0 saturated heterocycles. The fourth-order valence-electron chi connectivity index (χ4n) is 3.73. The highest BCUT2D eigenvalue weighted by molar-refractivity contribution is 7.25. The van der Waals surface area contributed by atoms with E-state index < -0.39 is 0 Å². The van der Waals surface area contributed by atoms with Crippen molar-refractivity contribution in [3.8, 4) is 5.69 Å². The molecule has 0 saturated carbocycles. The molecule has 0 amide bonds. The molecular formula is C20H15ClN4O3S. The summed E-state index contributed by atoms with van der Waals surface area (Å²) in [6, 6.07) is 8.94. The van der Waals surface area contributed by atoms with Gasteiger partial charge in [0.1, 0.15) is 21.2 Å². The number of rotatable bonds is 2. The predicted octanol–water partition coefficient (Wildman–Crippen LogP) is 3.98. The predicted molar refractivity (Wildman–Crippen MR) is 111 cm³/mol. The zero-order chi connectivity index (χ0) is 20.1. The lowest BCUT2D eigenvalue weighted by molar-refractivity contribution is -0.147. The molecule has 146 valence electrons. The van der Waals surface area contributed by atoms with Crippen LogP contribution in [-0.2, 0) is 16.0 Å². The summed E-state index contributed by atoms with van der Waals surface area (Å²) in [6.45, 7) is 1.41. The number of aromatic nitrogens is 4. The van der Waals surface area contributed by atoms with Crippen LogP contribution in [0, 0.1) is 0 Å². The van der Waals surface area contributed by atoms with Gasteiger partial charge in [0.2, 0.25) is 0 Å². The summed E-state index contributed by atoms with van der Waals surface area (Å²) in [6.07, 6.45) is 2.15. The van der Waals surface area contributed by atoms with E-state index >= 15 is 0 Å². The zero-order valence-corrected chi connectivity index (χ0v) is 17.0. The number of hydrogen-bond acceptors (Lipinski definition) is 7. The third-order valence-corrected chi connectivity index (χ3v) is 6.40. The molecule has 3 aromatic heterocycles. The van der Waals surface area contributed by atoms with Gasteiger partial charge in [0.25, 0.3) is 5.56 Å². The van der Waals surface area contributed by atoms with Crippen LogP contribution in [0.1, 0.15) is 37.1 Å². The van der Waals surface area contributed by atoms with E-state index in [2.05, 4.69) is 10.3 Å². The Balaban J connectivity index is 1.72. The molecule has 9 heteroatoms. The van der Waals surface area contributed by atoms with Crippen molar-refractivity contribution in [2.24, 2.45) is 0 Å². The molecule has 1 atom stereocenters. The average Bonchev–Trinajstić information content (AvgIpc) is 3.06. The Morgan fingerprint density at radius 1 is 1.34 bits per heavy atom. The van der Waals surface area contributed by atoms with Gasteiger partial charge in [-0.15, -0.1) is 16.4 Å². The Hall–Kier alpha value is -2.84. The van der Waals surface area contributed by atoms with Crippen LogP contribution < -0.4 is 5.56 Å². The SMILES string of the molecule is CC(=O)OC1CCCc2nc3sc4c(=O)n(-c5ccccc5Cl)nnc4c3cc21. The van der Waals surface area contributed by atoms with Gasteiger partial charge in [0.15, 0.2) is 0 Å². The first kappa shape index (κ1) is 18.2. The smallest absolute Gasteiger partial charge is 0.303 e. The molecule has 0 aliphatic heterocycles. The van der Waals surface area contributed by atoms with Crippen molar-refractivity contribution >= 4 is 49.3 Å². The number of aryl methyl sites for hydroxylation is 1. The third-order valence-electron chi connectivity index (χ3n) is 5.01. The van der Waals surface area contributed by atoms with Gasteiger partial charge in [0, 0.05) is 23.6 Å². The number of carbonyl (C=O) groups is 1. The molecule has 29 heavy (non-hydrogen) atoms. The number of ether oxygens (including phenoxy) is 1. The molecule has 1 aliphatic carbocycles. The summed E-state index contributed by atoms with van der Waals surface area (Å²) in [5, 5.41) is 9.57. The van der Waals surface area contributed by atoms with E-state index in [9.17, 15) is 9.59 Å². The molecule has 3 heterocycles. The van der Waals surface area contributed by atoms with E-state index in [1.807, 2.05) is 6.07 Å². The Morgan fingerprint density at radius 2 is 2.17 bits per heavy atom. The number of nitrogens with zero attached hydrogens (tertiary/aromatic N) is 4. The van der Waals surface area contributed by atoms with Crippen molar-refractivity contribution in [2.45, 2.75) is 32.3 Å². The second-order valence-corrected chi connectivity index (χ2v) is 8.31. The summed E-state index contributed by atoms with van der Waals surface area (Å²) in [5.74, 6) is -0.319. The van der Waals surface area contributed by atoms with Gasteiger partial charge in [0.05, 0.1) is 10.7 Å². The molecule has 4 aromatic rings. The molecular weight excluding hydrogens is 412 g/mol. The Morgan fingerprint density at radius 3 is 2.97 bits per heavy atom. The monoisotopic (exact) mass is 426 g/mol. The molecule has 7 nitrogen and oxygen atoms in total. The minimum Gasteiger partial charge on any atom is -0.458 e. The fourth-order valence-corrected chi connectivity index (χ4v) is 4.98. The number of carbonyl (C=O) groups excluding carboxylic acids is 1. The average molecular weight is 427 g/mol. The van der Waals surface area contributed by atoms with Gasteiger partial charge in [-0.3, -0.25) is 9.59 Å². The maximum atomic E-state index is 13.1. The molecule has 1 aromatic carbocycles. The Kier molecular flexibility index (Phi) is 4.33. The van der Waals surface area contributed by atoms with Gasteiger partial charge in [-0.2, -0.15) is 4.68 Å². The standard InChI is InChI=1S/C20H15ClN4O3S/c1-10(26)28-16-8-4-6-14-11(16)9-12-17-18(29-19(12)22-14)20(27)25(24-23-17)15-7-3-2-5-13(15)21/h2-3,5,7,9,16H,4,6,8H2,1H3. The van der Waals surface area contributed by atoms with Crippen LogP contribution in [0.5, 0.6) is 0 Å². The molecule has 1 unspecified atom stereocenters. The van der Waals surface area contributed by atoms with Crippen molar-refractivity contribution in [3.63, 3.8) is 0 Å². The summed E-state index contributed by atoms with van der Waals surface area (Å²) >= 11 is 7.52. The molecule has 1 aliphatic rings. The molecule has 0 spiro atoms. The van der Waals surface area contributed by atoms with Crippen LogP contribution >= 0.6 is 22.9 Å². The zero-order valence-electron chi connectivity index (χ0n) is 15.4. The number of fused-ring (bicyclic) bond motifs is 4. The number of pyridine rings is 1. The molecule has 0 bridgehead atoms. The van der Waals surface area contributed by atoms with Crippen LogP contribution in [0.3, 0.4) is 0 Å². The third kappa shape index (κ3) is 2.99. The van der Waals surface area contributed by atoms with Gasteiger partial charge in [-0.05, 0) is 37.5 Å². The highest BCUT2D eigenvalue weighted by Crippen LogP contribution is 2.37. The Bertz CT molecular complexity index is 1350. The quantitative estimate of drug-likeness (QED) is 0.450. The van der Waals surface area contributed by atoms with Gasteiger partial charge >= 0.3 is 5.97 Å². The van der Waals surface area contributed by atoms with Crippen LogP contribution in [0.25, 0.3) is 26.1 Å². The summed E-state index contributed by atoms with van der Waals surface area (Å²) in [7, 11) is 0. The maximum Gasteiger partial charge on any atom is 0.303 e. The molecule has 5 rings (SSSR count). The van der Waals surface area contributed by atoms with E-state index in [1.165, 1.54) is 22.9 Å². The minimum absolute atomic E-state index is 0.291. The van der Waals surface area contributed by atoms with Crippen molar-refractivity contribution in [2.75, 3.05) is 0 Å². The number of para-hydroxylation sites is 1. The lowest BCUT2D eigenvalue weighted by Gasteiger charge is -2.24. The van der Waals surface area contributed by atoms with E-state index in [1.54, 1.807) is 24.3 Å². The lowest BCUT2D eigenvalue weighted by atomic mass is 9.92. The number of thiophene rings is 1. The second kappa shape index (κ2) is 6.89. The maximum absolute atomic E-state index is 13.1. The molecule has 0 fully saturated rings. The van der Waals surface area contributed by atoms with Crippen molar-refractivity contribution in [1.82, 2.24) is 20.0 Å². The number of halogens is 1. The summed E-state index contributed by atoms with van der Waals surface area (Å²) < 4.78 is 7.15. The first-order valence-corrected chi connectivity index (χ1v) is 10.4. The van der Waals surface area contributed by atoms with Crippen LogP contribution in [0.15, 0.2) is 35.1 Å². The van der Waals surface area contributed by atoms with Crippen molar-refractivity contribution in [1.29, 1.82) is 0 Å². The first-order chi connectivity index (χ1) is 14.0. The van der Waals surface area contributed by atoms with Crippen LogP contribution in [-0.4, -0.2) is 25.9 Å². The largest absolute Gasteiger partial charge is 0.458 e. The number of esters is 1. The highest BCUT2D eigenvalue weighted by Gasteiger charge is 2.26. The lowest BCUT2D eigenvalue weighted by Crippen LogP contribution is -2.21. The first-order valence-electron chi connectivity index (χ1n) is 9.17. The minimum atomic E-state index is -0.320. The van der Waals surface area contributed by atoms with Crippen LogP contribution in [0.4, 0.5) is 0 Å². The highest BCUT2D eigenvalue weighted by atomic mass is 35.5. The van der Waals surface area contributed by atoms with Gasteiger partial charge < -0.3 is 4.74 Å². The topological polar surface area (TPSA) is 87.0 Å². The van der Waals surface area contributed by atoms with E-state index in [0.29, 0.717) is 20.9 Å².